The second-order valence-electron chi connectivity index (χ2n) is 1.87. The summed E-state index contributed by atoms with van der Waals surface area (Å²) in [5.41, 5.74) is 0. The maximum absolute atomic E-state index is 10.5. The molecular formula is C7H7NO3. The topological polar surface area (TPSA) is 53.2 Å². The van der Waals surface area contributed by atoms with Gasteiger partial charge in [0.1, 0.15) is 12.4 Å². The van der Waals surface area contributed by atoms with Gasteiger partial charge in [0, 0.05) is 12.1 Å². The third-order valence-electron chi connectivity index (χ3n) is 1.09. The Kier molecular flexibility index (Phi) is 2.43. The van der Waals surface area contributed by atoms with Gasteiger partial charge >= 0.3 is 0 Å². The molecule has 0 atom stereocenters. The molecule has 0 aliphatic heterocycles. The number of rotatable bonds is 3. The van der Waals surface area contributed by atoms with Gasteiger partial charge in [0.05, 0.1) is 0 Å². The predicted octanol–water partition coefficient (Wildman–Crippen LogP) is -0.102. The Balaban J connectivity index is 2.58. The van der Waals surface area contributed by atoms with Crippen molar-refractivity contribution < 1.29 is 14.3 Å². The Bertz CT molecular complexity index is 232. The van der Waals surface area contributed by atoms with Crippen molar-refractivity contribution in [2.75, 3.05) is 6.61 Å². The van der Waals surface area contributed by atoms with Crippen LogP contribution in [-0.2, 0) is 4.79 Å². The molecule has 0 spiro atoms. The fraction of sp³-hybridized carbons (Fsp3) is 0.143. The van der Waals surface area contributed by atoms with E-state index < -0.39 is 0 Å². The van der Waals surface area contributed by atoms with Crippen LogP contribution < -0.4 is 9.47 Å². The Hall–Kier alpha value is -1.58. The van der Waals surface area contributed by atoms with E-state index in [2.05, 4.69) is 0 Å². The number of ether oxygens (including phenoxy) is 1. The van der Waals surface area contributed by atoms with E-state index >= 15 is 0 Å². The molecule has 0 N–H and O–H groups in total. The Morgan fingerprint density at radius 1 is 1.55 bits per heavy atom. The number of hydrogen-bond donors (Lipinski definition) is 0. The van der Waals surface area contributed by atoms with Crippen molar-refractivity contribution in [3.8, 4) is 5.75 Å². The highest BCUT2D eigenvalue weighted by Gasteiger charge is 1.93. The van der Waals surface area contributed by atoms with Crippen molar-refractivity contribution in [3.63, 3.8) is 0 Å². The first-order valence-electron chi connectivity index (χ1n) is 3.08. The second-order valence-corrected chi connectivity index (χ2v) is 1.87. The Labute approximate surface area is 63.6 Å². The van der Waals surface area contributed by atoms with Gasteiger partial charge in [0.15, 0.2) is 18.7 Å². The zero-order chi connectivity index (χ0) is 8.10. The van der Waals surface area contributed by atoms with Gasteiger partial charge in [-0.2, -0.15) is 4.73 Å². The van der Waals surface area contributed by atoms with E-state index in [0.29, 0.717) is 16.8 Å². The molecule has 0 aliphatic carbocycles. The van der Waals surface area contributed by atoms with Crippen molar-refractivity contribution in [2.24, 2.45) is 0 Å². The highest BCUT2D eigenvalue weighted by molar-refractivity contribution is 5.51. The third-order valence-corrected chi connectivity index (χ3v) is 1.09. The van der Waals surface area contributed by atoms with Crippen molar-refractivity contribution in [1.29, 1.82) is 0 Å². The zero-order valence-corrected chi connectivity index (χ0v) is 5.77. The normalized spacial score (nSPS) is 9.09. The molecule has 0 saturated carbocycles. The molecule has 58 valence electrons. The molecule has 11 heavy (non-hydrogen) atoms. The number of pyridine rings is 1. The monoisotopic (exact) mass is 153 g/mol. The minimum absolute atomic E-state index is 0.0167. The van der Waals surface area contributed by atoms with Gasteiger partial charge < -0.3 is 9.94 Å². The van der Waals surface area contributed by atoms with Crippen LogP contribution in [0.3, 0.4) is 0 Å². The lowest BCUT2D eigenvalue weighted by Gasteiger charge is -1.99. The third kappa shape index (κ3) is 2.25. The van der Waals surface area contributed by atoms with E-state index in [1.807, 2.05) is 0 Å². The maximum atomic E-state index is 10.5. The fourth-order valence-electron chi connectivity index (χ4n) is 0.626. The van der Waals surface area contributed by atoms with Gasteiger partial charge in [-0.1, -0.05) is 0 Å². The summed E-state index contributed by atoms with van der Waals surface area (Å²) in [5, 5.41) is 10.5. The number of aromatic nitrogens is 1. The molecule has 1 aromatic heterocycles. The lowest BCUT2D eigenvalue weighted by molar-refractivity contribution is -0.605. The molecule has 0 fully saturated rings. The molecule has 0 unspecified atom stereocenters. The van der Waals surface area contributed by atoms with Crippen LogP contribution in [0.1, 0.15) is 0 Å². The minimum atomic E-state index is 0.0167. The summed E-state index contributed by atoms with van der Waals surface area (Å²) >= 11 is 0. The van der Waals surface area contributed by atoms with Crippen LogP contribution in [0.2, 0.25) is 0 Å². The lowest BCUT2D eigenvalue weighted by Crippen LogP contribution is -2.23. The minimum Gasteiger partial charge on any atom is -0.619 e. The van der Waals surface area contributed by atoms with Crippen LogP contribution in [0, 0.1) is 5.21 Å². The summed E-state index contributed by atoms with van der Waals surface area (Å²) in [6.45, 7) is 0.0167. The van der Waals surface area contributed by atoms with Gasteiger partial charge in [-0.05, 0) is 0 Å². The summed E-state index contributed by atoms with van der Waals surface area (Å²) in [7, 11) is 0. The largest absolute Gasteiger partial charge is 0.619 e. The standard InChI is InChI=1S/C7H7NO3/c9-5-6-11-7-1-3-8(10)4-2-7/h1-5H,6H2. The van der Waals surface area contributed by atoms with Crippen LogP contribution in [0.25, 0.3) is 0 Å². The number of carbonyl (C=O) groups excluding carboxylic acids is 1. The van der Waals surface area contributed by atoms with E-state index in [4.69, 9.17) is 4.74 Å². The molecular weight excluding hydrogens is 146 g/mol. The average Bonchev–Trinajstić information content (AvgIpc) is 2.04. The van der Waals surface area contributed by atoms with Gasteiger partial charge in [-0.15, -0.1) is 0 Å². The predicted molar refractivity (Wildman–Crippen MR) is 37.0 cm³/mol. The van der Waals surface area contributed by atoms with Gasteiger partial charge in [0.2, 0.25) is 0 Å². The molecule has 0 aliphatic rings. The van der Waals surface area contributed by atoms with Gasteiger partial charge in [-0.3, -0.25) is 4.79 Å². The molecule has 0 radical (unpaired) electrons. The zero-order valence-electron chi connectivity index (χ0n) is 5.77. The fourth-order valence-corrected chi connectivity index (χ4v) is 0.626. The summed E-state index contributed by atoms with van der Waals surface area (Å²) in [6.07, 6.45) is 3.26. The smallest absolute Gasteiger partial charge is 0.184 e. The van der Waals surface area contributed by atoms with E-state index in [9.17, 15) is 10.0 Å². The average molecular weight is 153 g/mol. The van der Waals surface area contributed by atoms with E-state index in [1.54, 1.807) is 0 Å². The van der Waals surface area contributed by atoms with E-state index in [1.165, 1.54) is 24.5 Å². The lowest BCUT2D eigenvalue weighted by atomic mass is 10.4. The summed E-state index contributed by atoms with van der Waals surface area (Å²) < 4.78 is 5.54. The number of aldehydes is 1. The first-order valence-corrected chi connectivity index (χ1v) is 3.08. The maximum Gasteiger partial charge on any atom is 0.184 e. The van der Waals surface area contributed by atoms with Crippen molar-refractivity contribution in [3.05, 3.63) is 29.7 Å². The van der Waals surface area contributed by atoms with Crippen LogP contribution >= 0.6 is 0 Å². The van der Waals surface area contributed by atoms with Gasteiger partial charge in [-0.25, -0.2) is 0 Å². The van der Waals surface area contributed by atoms with Crippen molar-refractivity contribution >= 4 is 6.29 Å². The second kappa shape index (κ2) is 3.55. The van der Waals surface area contributed by atoms with E-state index in [-0.39, 0.29) is 6.61 Å². The SMILES string of the molecule is O=CCOc1cc[n+]([O-])cc1. The Morgan fingerprint density at radius 3 is 2.73 bits per heavy atom. The highest BCUT2D eigenvalue weighted by Crippen LogP contribution is 2.04. The first kappa shape index (κ1) is 7.53. The summed E-state index contributed by atoms with van der Waals surface area (Å²) in [5.74, 6) is 0.518. The summed E-state index contributed by atoms with van der Waals surface area (Å²) in [4.78, 5) is 9.85. The highest BCUT2D eigenvalue weighted by atomic mass is 16.5. The van der Waals surface area contributed by atoms with Crippen molar-refractivity contribution in [1.82, 2.24) is 0 Å². The molecule has 0 saturated heterocycles. The summed E-state index contributed by atoms with van der Waals surface area (Å²) in [6, 6.07) is 2.99. The molecule has 0 amide bonds. The van der Waals surface area contributed by atoms with Crippen LogP contribution in [-0.4, -0.2) is 12.9 Å². The van der Waals surface area contributed by atoms with E-state index in [0.717, 1.165) is 0 Å². The molecule has 1 heterocycles. The van der Waals surface area contributed by atoms with Crippen molar-refractivity contribution in [2.45, 2.75) is 0 Å². The molecule has 4 nitrogen and oxygen atoms in total. The van der Waals surface area contributed by atoms with Gasteiger partial charge in [0.25, 0.3) is 0 Å². The number of hydrogen-bond acceptors (Lipinski definition) is 3. The van der Waals surface area contributed by atoms with Crippen LogP contribution in [0.4, 0.5) is 0 Å². The van der Waals surface area contributed by atoms with Crippen LogP contribution in [0.5, 0.6) is 5.75 Å². The Morgan fingerprint density at radius 2 is 2.18 bits per heavy atom. The number of carbonyl (C=O) groups is 1. The molecule has 4 heteroatoms. The molecule has 1 rings (SSSR count). The molecule has 0 aromatic carbocycles. The van der Waals surface area contributed by atoms with Crippen LogP contribution in [0.15, 0.2) is 24.5 Å². The quantitative estimate of drug-likeness (QED) is 0.346. The molecule has 1 aromatic rings. The molecule has 0 bridgehead atoms. The number of nitrogens with zero attached hydrogens (tertiary/aromatic N) is 1. The first-order chi connectivity index (χ1) is 5.33.